The number of carbonyl (C=O) groups excluding carboxylic acids is 1. The SMILES string of the molecule is COC(=O)c1cnc(F)c(C#N)c1. The molecule has 5 heteroatoms. The first-order valence-electron chi connectivity index (χ1n) is 3.33. The molecule has 0 aromatic carbocycles. The number of pyridine rings is 1. The van der Waals surface area contributed by atoms with Gasteiger partial charge in [0.05, 0.1) is 12.7 Å². The van der Waals surface area contributed by atoms with Crippen molar-refractivity contribution in [2.75, 3.05) is 7.11 Å². The molecule has 0 aliphatic rings. The van der Waals surface area contributed by atoms with Gasteiger partial charge in [-0.25, -0.2) is 9.78 Å². The Morgan fingerprint density at radius 2 is 2.46 bits per heavy atom. The van der Waals surface area contributed by atoms with Crippen molar-refractivity contribution in [2.24, 2.45) is 0 Å². The molecular formula is C8H5FN2O2. The summed E-state index contributed by atoms with van der Waals surface area (Å²) in [4.78, 5) is 14.1. The van der Waals surface area contributed by atoms with Crippen LogP contribution in [0.15, 0.2) is 12.3 Å². The fraction of sp³-hybridized carbons (Fsp3) is 0.125. The number of ether oxygens (including phenoxy) is 1. The number of hydrogen-bond acceptors (Lipinski definition) is 4. The lowest BCUT2D eigenvalue weighted by molar-refractivity contribution is 0.0600. The van der Waals surface area contributed by atoms with Gasteiger partial charge < -0.3 is 4.74 Å². The average molecular weight is 180 g/mol. The third-order valence-electron chi connectivity index (χ3n) is 1.38. The minimum absolute atomic E-state index is 0.0560. The summed E-state index contributed by atoms with van der Waals surface area (Å²) in [5.41, 5.74) is -0.219. The quantitative estimate of drug-likeness (QED) is 0.475. The van der Waals surface area contributed by atoms with Crippen LogP contribution in [0.25, 0.3) is 0 Å². The third-order valence-corrected chi connectivity index (χ3v) is 1.38. The number of aromatic nitrogens is 1. The van der Waals surface area contributed by atoms with Gasteiger partial charge in [-0.3, -0.25) is 0 Å². The monoisotopic (exact) mass is 180 g/mol. The van der Waals surface area contributed by atoms with Gasteiger partial charge in [-0.15, -0.1) is 0 Å². The number of methoxy groups -OCH3 is 1. The topological polar surface area (TPSA) is 63.0 Å². The van der Waals surface area contributed by atoms with Crippen molar-refractivity contribution < 1.29 is 13.9 Å². The van der Waals surface area contributed by atoms with Crippen molar-refractivity contribution in [3.8, 4) is 6.07 Å². The van der Waals surface area contributed by atoms with E-state index < -0.39 is 11.9 Å². The molecule has 0 saturated carbocycles. The van der Waals surface area contributed by atoms with Crippen molar-refractivity contribution in [3.63, 3.8) is 0 Å². The van der Waals surface area contributed by atoms with Gasteiger partial charge in [-0.05, 0) is 6.07 Å². The van der Waals surface area contributed by atoms with Crippen LogP contribution in [-0.4, -0.2) is 18.1 Å². The second-order valence-electron chi connectivity index (χ2n) is 2.17. The molecule has 0 bridgehead atoms. The lowest BCUT2D eigenvalue weighted by Crippen LogP contribution is -2.03. The lowest BCUT2D eigenvalue weighted by Gasteiger charge is -1.98. The maximum absolute atomic E-state index is 12.7. The van der Waals surface area contributed by atoms with E-state index >= 15 is 0 Å². The minimum atomic E-state index is -0.893. The Kier molecular flexibility index (Phi) is 2.55. The molecule has 1 heterocycles. The van der Waals surface area contributed by atoms with Crippen LogP contribution in [-0.2, 0) is 4.74 Å². The Morgan fingerprint density at radius 1 is 1.77 bits per heavy atom. The molecule has 0 N–H and O–H groups in total. The minimum Gasteiger partial charge on any atom is -0.465 e. The number of esters is 1. The zero-order valence-electron chi connectivity index (χ0n) is 6.74. The largest absolute Gasteiger partial charge is 0.465 e. The maximum Gasteiger partial charge on any atom is 0.339 e. The molecule has 66 valence electrons. The molecule has 0 radical (unpaired) electrons. The smallest absolute Gasteiger partial charge is 0.339 e. The van der Waals surface area contributed by atoms with E-state index in [-0.39, 0.29) is 11.1 Å². The number of carbonyl (C=O) groups is 1. The van der Waals surface area contributed by atoms with E-state index in [4.69, 9.17) is 5.26 Å². The van der Waals surface area contributed by atoms with E-state index in [9.17, 15) is 9.18 Å². The number of hydrogen-bond donors (Lipinski definition) is 0. The fourth-order valence-corrected chi connectivity index (χ4v) is 0.756. The van der Waals surface area contributed by atoms with Gasteiger partial charge in [0.2, 0.25) is 5.95 Å². The van der Waals surface area contributed by atoms with Crippen LogP contribution in [0.5, 0.6) is 0 Å². The standard InChI is InChI=1S/C8H5FN2O2/c1-13-8(12)6-2-5(3-10)7(9)11-4-6/h2,4H,1H3. The first kappa shape index (κ1) is 9.13. The zero-order valence-corrected chi connectivity index (χ0v) is 6.74. The van der Waals surface area contributed by atoms with Gasteiger partial charge in [-0.1, -0.05) is 0 Å². The molecule has 0 spiro atoms. The number of rotatable bonds is 1. The van der Waals surface area contributed by atoms with Crippen molar-refractivity contribution in [3.05, 3.63) is 29.3 Å². The van der Waals surface area contributed by atoms with E-state index in [2.05, 4.69) is 9.72 Å². The van der Waals surface area contributed by atoms with Crippen LogP contribution >= 0.6 is 0 Å². The van der Waals surface area contributed by atoms with Gasteiger partial charge in [0.25, 0.3) is 0 Å². The summed E-state index contributed by atoms with van der Waals surface area (Å²) in [5.74, 6) is -1.54. The molecule has 0 saturated heterocycles. The highest BCUT2D eigenvalue weighted by Crippen LogP contribution is 2.06. The van der Waals surface area contributed by atoms with Gasteiger partial charge >= 0.3 is 5.97 Å². The summed E-state index contributed by atoms with van der Waals surface area (Å²) in [6, 6.07) is 2.66. The summed E-state index contributed by atoms with van der Waals surface area (Å²) in [5, 5.41) is 8.42. The summed E-state index contributed by atoms with van der Waals surface area (Å²) in [6.07, 6.45) is 1.02. The highest BCUT2D eigenvalue weighted by Gasteiger charge is 2.10. The normalized spacial score (nSPS) is 9.00. The van der Waals surface area contributed by atoms with Gasteiger partial charge in [-0.2, -0.15) is 9.65 Å². The predicted molar refractivity (Wildman–Crippen MR) is 40.2 cm³/mol. The molecule has 0 aliphatic carbocycles. The summed E-state index contributed by atoms with van der Waals surface area (Å²) in [7, 11) is 1.19. The summed E-state index contributed by atoms with van der Waals surface area (Å²) in [6.45, 7) is 0. The average Bonchev–Trinajstić information content (AvgIpc) is 2.17. The molecular weight excluding hydrogens is 175 g/mol. The Labute approximate surface area is 73.6 Å². The predicted octanol–water partition coefficient (Wildman–Crippen LogP) is 0.879. The van der Waals surface area contributed by atoms with Crippen LogP contribution in [0.2, 0.25) is 0 Å². The van der Waals surface area contributed by atoms with Crippen LogP contribution < -0.4 is 0 Å². The molecule has 0 unspecified atom stereocenters. The zero-order chi connectivity index (χ0) is 9.84. The molecule has 13 heavy (non-hydrogen) atoms. The van der Waals surface area contributed by atoms with Gasteiger partial charge in [0.15, 0.2) is 0 Å². The van der Waals surface area contributed by atoms with Crippen molar-refractivity contribution >= 4 is 5.97 Å². The molecule has 0 aliphatic heterocycles. The number of halogens is 1. The number of nitriles is 1. The van der Waals surface area contributed by atoms with Crippen molar-refractivity contribution in [1.29, 1.82) is 5.26 Å². The Bertz CT molecular complexity index is 384. The van der Waals surface area contributed by atoms with Crippen molar-refractivity contribution in [2.45, 2.75) is 0 Å². The highest BCUT2D eigenvalue weighted by molar-refractivity contribution is 5.89. The Morgan fingerprint density at radius 3 is 3.00 bits per heavy atom. The molecule has 1 aromatic rings. The van der Waals surface area contributed by atoms with E-state index in [1.807, 2.05) is 0 Å². The molecule has 0 atom stereocenters. The Hall–Kier alpha value is -1.96. The van der Waals surface area contributed by atoms with E-state index in [0.717, 1.165) is 12.3 Å². The molecule has 1 aromatic heterocycles. The lowest BCUT2D eigenvalue weighted by atomic mass is 10.2. The second kappa shape index (κ2) is 3.63. The summed E-state index contributed by atoms with van der Waals surface area (Å²) >= 11 is 0. The molecule has 4 nitrogen and oxygen atoms in total. The first-order valence-corrected chi connectivity index (χ1v) is 3.33. The maximum atomic E-state index is 12.7. The van der Waals surface area contributed by atoms with Crippen LogP contribution in [0.3, 0.4) is 0 Å². The fourth-order valence-electron chi connectivity index (χ4n) is 0.756. The molecule has 0 fully saturated rings. The first-order chi connectivity index (χ1) is 6.19. The number of nitrogens with zero attached hydrogens (tertiary/aromatic N) is 2. The second-order valence-corrected chi connectivity index (χ2v) is 2.17. The Balaban J connectivity index is 3.15. The van der Waals surface area contributed by atoms with Crippen molar-refractivity contribution in [1.82, 2.24) is 4.98 Å². The van der Waals surface area contributed by atoms with Gasteiger partial charge in [0, 0.05) is 6.20 Å². The van der Waals surface area contributed by atoms with Crippen LogP contribution in [0.4, 0.5) is 4.39 Å². The van der Waals surface area contributed by atoms with E-state index in [1.165, 1.54) is 7.11 Å². The summed E-state index contributed by atoms with van der Waals surface area (Å²) < 4.78 is 17.0. The third kappa shape index (κ3) is 1.79. The van der Waals surface area contributed by atoms with Gasteiger partial charge in [0.1, 0.15) is 11.6 Å². The van der Waals surface area contributed by atoms with E-state index in [1.54, 1.807) is 6.07 Å². The highest BCUT2D eigenvalue weighted by atomic mass is 19.1. The molecule has 1 rings (SSSR count). The van der Waals surface area contributed by atoms with E-state index in [0.29, 0.717) is 0 Å². The van der Waals surface area contributed by atoms with Crippen LogP contribution in [0.1, 0.15) is 15.9 Å². The van der Waals surface area contributed by atoms with Crippen LogP contribution in [0, 0.1) is 17.3 Å². The molecule has 0 amide bonds.